The third-order valence-electron chi connectivity index (χ3n) is 3.00. The zero-order chi connectivity index (χ0) is 12.4. The van der Waals surface area contributed by atoms with Crippen LogP contribution in [0.15, 0.2) is 41.1 Å². The van der Waals surface area contributed by atoms with Crippen LogP contribution in [0.4, 0.5) is 5.69 Å². The van der Waals surface area contributed by atoms with Gasteiger partial charge in [-0.25, -0.2) is 4.98 Å². The highest BCUT2D eigenvalue weighted by Crippen LogP contribution is 2.26. The van der Waals surface area contributed by atoms with Gasteiger partial charge in [0, 0.05) is 19.2 Å². The predicted molar refractivity (Wildman–Crippen MR) is 74.9 cm³/mol. The molecule has 0 bridgehead atoms. The zero-order valence-electron chi connectivity index (χ0n) is 9.82. The fourth-order valence-electron chi connectivity index (χ4n) is 2.07. The molecule has 92 valence electrons. The summed E-state index contributed by atoms with van der Waals surface area (Å²) < 4.78 is 6.34. The van der Waals surface area contributed by atoms with Gasteiger partial charge in [0.15, 0.2) is 0 Å². The summed E-state index contributed by atoms with van der Waals surface area (Å²) in [7, 11) is 0. The quantitative estimate of drug-likeness (QED) is 0.883. The molecule has 0 spiro atoms. The van der Waals surface area contributed by atoms with Crippen LogP contribution in [0.2, 0.25) is 0 Å². The van der Waals surface area contributed by atoms with E-state index in [0.29, 0.717) is 0 Å². The van der Waals surface area contributed by atoms with Gasteiger partial charge in [0.25, 0.3) is 0 Å². The molecule has 1 aliphatic rings. The lowest BCUT2D eigenvalue weighted by atomic mass is 10.1. The number of nitrogens with one attached hydrogen (secondary N) is 1. The summed E-state index contributed by atoms with van der Waals surface area (Å²) in [5, 5.41) is 3.37. The monoisotopic (exact) mass is 304 g/mol. The minimum absolute atomic E-state index is 0.789. The highest BCUT2D eigenvalue weighted by molar-refractivity contribution is 9.10. The van der Waals surface area contributed by atoms with Crippen molar-refractivity contribution >= 4 is 21.6 Å². The van der Waals surface area contributed by atoms with Crippen molar-refractivity contribution in [1.29, 1.82) is 0 Å². The topological polar surface area (TPSA) is 34.2 Å². The summed E-state index contributed by atoms with van der Waals surface area (Å²) >= 11 is 3.43. The number of ether oxygens (including phenoxy) is 1. The number of hydrogen-bond donors (Lipinski definition) is 1. The normalized spacial score (nSPS) is 12.9. The molecule has 0 saturated carbocycles. The van der Waals surface area contributed by atoms with E-state index >= 15 is 0 Å². The van der Waals surface area contributed by atoms with E-state index in [1.807, 2.05) is 12.1 Å². The lowest BCUT2D eigenvalue weighted by Gasteiger charge is -2.08. The largest absolute Gasteiger partial charge is 0.493 e. The van der Waals surface area contributed by atoms with Crippen molar-refractivity contribution in [3.05, 3.63) is 52.3 Å². The first-order chi connectivity index (χ1) is 8.83. The molecule has 0 unspecified atom stereocenters. The van der Waals surface area contributed by atoms with E-state index in [1.165, 1.54) is 11.1 Å². The number of rotatable bonds is 3. The van der Waals surface area contributed by atoms with E-state index in [9.17, 15) is 0 Å². The molecule has 1 aromatic carbocycles. The highest BCUT2D eigenvalue weighted by Gasteiger charge is 2.11. The van der Waals surface area contributed by atoms with Gasteiger partial charge in [-0.3, -0.25) is 0 Å². The first kappa shape index (κ1) is 11.5. The zero-order valence-corrected chi connectivity index (χ0v) is 11.4. The molecular formula is C14H13BrN2O. The number of fused-ring (bicyclic) bond motifs is 1. The van der Waals surface area contributed by atoms with Crippen LogP contribution < -0.4 is 10.1 Å². The Morgan fingerprint density at radius 2 is 2.28 bits per heavy atom. The Hall–Kier alpha value is -1.55. The van der Waals surface area contributed by atoms with Gasteiger partial charge >= 0.3 is 0 Å². The summed E-state index contributed by atoms with van der Waals surface area (Å²) in [5.74, 6) is 1.03. The number of halogens is 1. The lowest BCUT2D eigenvalue weighted by Crippen LogP contribution is -2.00. The standard InChI is InChI=1S/C14H13BrN2O/c15-14-12(2-1-6-16-14)17-9-10-3-4-13-11(8-10)5-7-18-13/h1-4,6,8,17H,5,7,9H2. The third kappa shape index (κ3) is 2.34. The summed E-state index contributed by atoms with van der Waals surface area (Å²) in [6, 6.07) is 10.3. The maximum Gasteiger partial charge on any atom is 0.129 e. The molecule has 1 aromatic heterocycles. The average Bonchev–Trinajstić information content (AvgIpc) is 2.85. The molecule has 0 aliphatic carbocycles. The summed E-state index contributed by atoms with van der Waals surface area (Å²) in [4.78, 5) is 4.18. The summed E-state index contributed by atoms with van der Waals surface area (Å²) in [6.07, 6.45) is 2.78. The average molecular weight is 305 g/mol. The fourth-order valence-corrected chi connectivity index (χ4v) is 2.46. The molecule has 0 amide bonds. The number of anilines is 1. The summed E-state index contributed by atoms with van der Waals surface area (Å²) in [6.45, 7) is 1.60. The second-order valence-corrected chi connectivity index (χ2v) is 4.99. The van der Waals surface area contributed by atoms with Gasteiger partial charge in [-0.05, 0) is 45.3 Å². The maximum absolute atomic E-state index is 5.50. The Morgan fingerprint density at radius 1 is 1.33 bits per heavy atom. The Bertz CT molecular complexity index is 571. The van der Waals surface area contributed by atoms with E-state index in [-0.39, 0.29) is 0 Å². The number of aromatic nitrogens is 1. The van der Waals surface area contributed by atoms with Crippen molar-refractivity contribution in [3.8, 4) is 5.75 Å². The smallest absolute Gasteiger partial charge is 0.129 e. The third-order valence-corrected chi connectivity index (χ3v) is 3.63. The molecule has 2 aromatic rings. The van der Waals surface area contributed by atoms with E-state index in [1.54, 1.807) is 6.20 Å². The maximum atomic E-state index is 5.50. The van der Waals surface area contributed by atoms with Crippen molar-refractivity contribution in [2.24, 2.45) is 0 Å². The molecule has 3 nitrogen and oxygen atoms in total. The van der Waals surface area contributed by atoms with Gasteiger partial charge < -0.3 is 10.1 Å². The van der Waals surface area contributed by atoms with Crippen molar-refractivity contribution in [2.75, 3.05) is 11.9 Å². The molecule has 0 saturated heterocycles. The van der Waals surface area contributed by atoms with Crippen LogP contribution in [0.1, 0.15) is 11.1 Å². The van der Waals surface area contributed by atoms with Crippen molar-refractivity contribution in [1.82, 2.24) is 4.98 Å². The first-order valence-electron chi connectivity index (χ1n) is 5.92. The van der Waals surface area contributed by atoms with Crippen LogP contribution in [0.3, 0.4) is 0 Å². The van der Waals surface area contributed by atoms with E-state index in [4.69, 9.17) is 4.74 Å². The second kappa shape index (κ2) is 4.98. The fraction of sp³-hybridized carbons (Fsp3) is 0.214. The molecule has 0 atom stereocenters. The predicted octanol–water partition coefficient (Wildman–Crippen LogP) is 3.39. The van der Waals surface area contributed by atoms with Gasteiger partial charge in [-0.2, -0.15) is 0 Å². The van der Waals surface area contributed by atoms with Crippen molar-refractivity contribution < 1.29 is 4.74 Å². The SMILES string of the molecule is Brc1ncccc1NCc1ccc2c(c1)CCO2. The Kier molecular flexibility index (Phi) is 3.19. The van der Waals surface area contributed by atoms with Gasteiger partial charge in [-0.1, -0.05) is 12.1 Å². The molecule has 18 heavy (non-hydrogen) atoms. The minimum atomic E-state index is 0.789. The van der Waals surface area contributed by atoms with Crippen LogP contribution in [-0.2, 0) is 13.0 Å². The highest BCUT2D eigenvalue weighted by atomic mass is 79.9. The Balaban J connectivity index is 1.72. The van der Waals surface area contributed by atoms with Crippen LogP contribution in [0.5, 0.6) is 5.75 Å². The van der Waals surface area contributed by atoms with Gasteiger partial charge in [0.05, 0.1) is 12.3 Å². The molecular weight excluding hydrogens is 292 g/mol. The Labute approximate surface area is 114 Å². The second-order valence-electron chi connectivity index (χ2n) is 4.24. The van der Waals surface area contributed by atoms with Crippen LogP contribution >= 0.6 is 15.9 Å². The molecule has 0 radical (unpaired) electrons. The number of pyridine rings is 1. The number of hydrogen-bond acceptors (Lipinski definition) is 3. The van der Waals surface area contributed by atoms with Crippen molar-refractivity contribution in [3.63, 3.8) is 0 Å². The van der Waals surface area contributed by atoms with E-state index in [0.717, 1.165) is 35.6 Å². The van der Waals surface area contributed by atoms with Gasteiger partial charge in [0.2, 0.25) is 0 Å². The van der Waals surface area contributed by atoms with Crippen LogP contribution in [0, 0.1) is 0 Å². The lowest BCUT2D eigenvalue weighted by molar-refractivity contribution is 0.357. The molecule has 1 N–H and O–H groups in total. The summed E-state index contributed by atoms with van der Waals surface area (Å²) in [5.41, 5.74) is 3.57. The number of nitrogens with zero attached hydrogens (tertiary/aromatic N) is 1. The Morgan fingerprint density at radius 3 is 3.17 bits per heavy atom. The molecule has 4 heteroatoms. The van der Waals surface area contributed by atoms with Gasteiger partial charge in [0.1, 0.15) is 10.4 Å². The first-order valence-corrected chi connectivity index (χ1v) is 6.71. The molecule has 0 fully saturated rings. The number of benzene rings is 1. The van der Waals surface area contributed by atoms with E-state index < -0.39 is 0 Å². The van der Waals surface area contributed by atoms with Crippen molar-refractivity contribution in [2.45, 2.75) is 13.0 Å². The minimum Gasteiger partial charge on any atom is -0.493 e. The van der Waals surface area contributed by atoms with Crippen LogP contribution in [-0.4, -0.2) is 11.6 Å². The van der Waals surface area contributed by atoms with Gasteiger partial charge in [-0.15, -0.1) is 0 Å². The molecule has 3 rings (SSSR count). The van der Waals surface area contributed by atoms with E-state index in [2.05, 4.69) is 44.4 Å². The van der Waals surface area contributed by atoms with Crippen LogP contribution in [0.25, 0.3) is 0 Å². The molecule has 1 aliphatic heterocycles. The molecule has 2 heterocycles.